The minimum Gasteiger partial charge on any atom is -0.354 e. The first kappa shape index (κ1) is 14.8. The molecule has 0 atom stereocenters. The average molecular weight is 278 g/mol. The molecule has 1 fully saturated rings. The number of nitrogens with zero attached hydrogens (tertiary/aromatic N) is 5. The van der Waals surface area contributed by atoms with E-state index in [0.717, 1.165) is 37.9 Å². The minimum absolute atomic E-state index is 0.665. The molecular weight excluding hydrogens is 252 g/mol. The lowest BCUT2D eigenvalue weighted by Gasteiger charge is -2.23. The van der Waals surface area contributed by atoms with E-state index in [2.05, 4.69) is 32.1 Å². The van der Waals surface area contributed by atoms with Crippen LogP contribution in [0.4, 0.5) is 17.8 Å². The van der Waals surface area contributed by atoms with Crippen molar-refractivity contribution in [3.8, 4) is 0 Å². The lowest BCUT2D eigenvalue weighted by Crippen LogP contribution is -2.29. The second kappa shape index (κ2) is 6.72. The lowest BCUT2D eigenvalue weighted by atomic mass is 10.3. The number of hydrogen-bond acceptors (Lipinski definition) is 6. The summed E-state index contributed by atoms with van der Waals surface area (Å²) in [6.45, 7) is 7.12. The van der Waals surface area contributed by atoms with Gasteiger partial charge in [0.05, 0.1) is 0 Å². The van der Waals surface area contributed by atoms with Gasteiger partial charge in [-0.05, 0) is 32.1 Å². The molecule has 0 saturated heterocycles. The van der Waals surface area contributed by atoms with Crippen molar-refractivity contribution in [3.05, 3.63) is 0 Å². The molecule has 0 bridgehead atoms. The molecule has 0 aliphatic heterocycles. The number of rotatable bonds is 8. The molecule has 6 heteroatoms. The van der Waals surface area contributed by atoms with E-state index in [1.54, 1.807) is 0 Å². The summed E-state index contributed by atoms with van der Waals surface area (Å²) >= 11 is 0. The molecular formula is C14H26N6. The van der Waals surface area contributed by atoms with Crippen LogP contribution in [-0.4, -0.2) is 48.7 Å². The Bertz CT molecular complexity index is 430. The Hall–Kier alpha value is -1.59. The third-order valence-electron chi connectivity index (χ3n) is 3.30. The third kappa shape index (κ3) is 3.95. The van der Waals surface area contributed by atoms with E-state index < -0.39 is 0 Å². The molecule has 6 nitrogen and oxygen atoms in total. The van der Waals surface area contributed by atoms with E-state index in [-0.39, 0.29) is 0 Å². The first-order valence-corrected chi connectivity index (χ1v) is 7.56. The van der Waals surface area contributed by atoms with Gasteiger partial charge in [0.1, 0.15) is 0 Å². The molecule has 1 heterocycles. The predicted octanol–water partition coefficient (Wildman–Crippen LogP) is 2.00. The molecule has 1 aromatic heterocycles. The van der Waals surface area contributed by atoms with E-state index in [1.165, 1.54) is 12.8 Å². The molecule has 20 heavy (non-hydrogen) atoms. The van der Waals surface area contributed by atoms with E-state index >= 15 is 0 Å². The van der Waals surface area contributed by atoms with Gasteiger partial charge in [0.2, 0.25) is 17.8 Å². The van der Waals surface area contributed by atoms with Gasteiger partial charge in [-0.2, -0.15) is 15.0 Å². The summed E-state index contributed by atoms with van der Waals surface area (Å²) in [5.74, 6) is 3.00. The fourth-order valence-corrected chi connectivity index (χ4v) is 2.09. The Morgan fingerprint density at radius 3 is 2.35 bits per heavy atom. The summed E-state index contributed by atoms with van der Waals surface area (Å²) in [4.78, 5) is 17.8. The average Bonchev–Trinajstić information content (AvgIpc) is 3.22. The largest absolute Gasteiger partial charge is 0.354 e. The van der Waals surface area contributed by atoms with Crippen LogP contribution in [0, 0.1) is 5.92 Å². The summed E-state index contributed by atoms with van der Waals surface area (Å²) < 4.78 is 0. The van der Waals surface area contributed by atoms with E-state index in [4.69, 9.17) is 0 Å². The molecule has 2 rings (SSSR count). The highest BCUT2D eigenvalue weighted by atomic mass is 15.3. The number of anilines is 3. The van der Waals surface area contributed by atoms with E-state index in [0.29, 0.717) is 11.9 Å². The zero-order valence-corrected chi connectivity index (χ0v) is 13.1. The molecule has 0 unspecified atom stereocenters. The van der Waals surface area contributed by atoms with Gasteiger partial charge in [-0.25, -0.2) is 0 Å². The van der Waals surface area contributed by atoms with Crippen molar-refractivity contribution < 1.29 is 0 Å². The maximum atomic E-state index is 4.60. The van der Waals surface area contributed by atoms with Crippen LogP contribution in [0.1, 0.15) is 33.1 Å². The summed E-state index contributed by atoms with van der Waals surface area (Å²) in [6.07, 6.45) is 3.78. The van der Waals surface area contributed by atoms with Crippen LogP contribution < -0.4 is 15.1 Å². The first-order valence-electron chi connectivity index (χ1n) is 7.56. The summed E-state index contributed by atoms with van der Waals surface area (Å²) in [7, 11) is 3.92. The van der Waals surface area contributed by atoms with Gasteiger partial charge in [0, 0.05) is 33.7 Å². The highest BCUT2D eigenvalue weighted by Gasteiger charge is 2.25. The highest BCUT2D eigenvalue weighted by molar-refractivity contribution is 5.44. The van der Waals surface area contributed by atoms with Gasteiger partial charge in [0.15, 0.2) is 0 Å². The van der Waals surface area contributed by atoms with Gasteiger partial charge in [-0.1, -0.05) is 6.92 Å². The Morgan fingerprint density at radius 1 is 1.10 bits per heavy atom. The monoisotopic (exact) mass is 278 g/mol. The maximum Gasteiger partial charge on any atom is 0.231 e. The van der Waals surface area contributed by atoms with Crippen molar-refractivity contribution in [2.75, 3.05) is 48.8 Å². The smallest absolute Gasteiger partial charge is 0.231 e. The standard InChI is InChI=1S/C14H26N6/c1-5-9-20(10-11-7-8-11)14-17-12(15-6-2)16-13(18-14)19(3)4/h11H,5-10H2,1-4H3,(H,15,16,17,18). The molecule has 0 spiro atoms. The van der Waals surface area contributed by atoms with Crippen molar-refractivity contribution in [1.82, 2.24) is 15.0 Å². The second-order valence-corrected chi connectivity index (χ2v) is 5.57. The SMILES string of the molecule is CCCN(CC1CC1)c1nc(NCC)nc(N(C)C)n1. The summed E-state index contributed by atoms with van der Waals surface area (Å²) in [5.41, 5.74) is 0. The minimum atomic E-state index is 0.665. The normalized spacial score (nSPS) is 14.2. The van der Waals surface area contributed by atoms with Gasteiger partial charge >= 0.3 is 0 Å². The van der Waals surface area contributed by atoms with Gasteiger partial charge in [0.25, 0.3) is 0 Å². The Morgan fingerprint density at radius 2 is 1.80 bits per heavy atom. The van der Waals surface area contributed by atoms with Crippen molar-refractivity contribution in [2.45, 2.75) is 33.1 Å². The Labute approximate surface area is 121 Å². The van der Waals surface area contributed by atoms with Crippen molar-refractivity contribution in [2.24, 2.45) is 5.92 Å². The molecule has 1 aromatic rings. The van der Waals surface area contributed by atoms with Crippen molar-refractivity contribution in [3.63, 3.8) is 0 Å². The number of hydrogen-bond donors (Lipinski definition) is 1. The zero-order chi connectivity index (χ0) is 14.5. The fraction of sp³-hybridized carbons (Fsp3) is 0.786. The zero-order valence-electron chi connectivity index (χ0n) is 13.1. The highest BCUT2D eigenvalue weighted by Crippen LogP contribution is 2.31. The fourth-order valence-electron chi connectivity index (χ4n) is 2.09. The van der Waals surface area contributed by atoms with Crippen molar-refractivity contribution in [1.29, 1.82) is 0 Å². The first-order chi connectivity index (χ1) is 9.63. The van der Waals surface area contributed by atoms with Crippen LogP contribution in [0.15, 0.2) is 0 Å². The molecule has 0 aromatic carbocycles. The molecule has 1 saturated carbocycles. The maximum absolute atomic E-state index is 4.60. The van der Waals surface area contributed by atoms with Crippen LogP contribution in [0.5, 0.6) is 0 Å². The predicted molar refractivity (Wildman–Crippen MR) is 83.5 cm³/mol. The second-order valence-electron chi connectivity index (χ2n) is 5.57. The molecule has 1 N–H and O–H groups in total. The molecule has 1 aliphatic rings. The van der Waals surface area contributed by atoms with E-state index in [9.17, 15) is 0 Å². The van der Waals surface area contributed by atoms with Gasteiger partial charge < -0.3 is 15.1 Å². The molecule has 112 valence electrons. The van der Waals surface area contributed by atoms with Crippen LogP contribution in [0.2, 0.25) is 0 Å². The van der Waals surface area contributed by atoms with Gasteiger partial charge in [-0.3, -0.25) is 0 Å². The third-order valence-corrected chi connectivity index (χ3v) is 3.30. The van der Waals surface area contributed by atoms with Crippen LogP contribution >= 0.6 is 0 Å². The topological polar surface area (TPSA) is 57.2 Å². The molecule has 0 radical (unpaired) electrons. The van der Waals surface area contributed by atoms with Gasteiger partial charge in [-0.15, -0.1) is 0 Å². The molecule has 0 amide bonds. The van der Waals surface area contributed by atoms with E-state index in [1.807, 2.05) is 25.9 Å². The van der Waals surface area contributed by atoms with Crippen LogP contribution in [0.25, 0.3) is 0 Å². The van der Waals surface area contributed by atoms with Crippen LogP contribution in [0.3, 0.4) is 0 Å². The quantitative estimate of drug-likeness (QED) is 0.785. The summed E-state index contributed by atoms with van der Waals surface area (Å²) in [5, 5.41) is 3.19. The summed E-state index contributed by atoms with van der Waals surface area (Å²) in [6, 6.07) is 0. The Balaban J connectivity index is 2.25. The lowest BCUT2D eigenvalue weighted by molar-refractivity contribution is 0.685. The number of aromatic nitrogens is 3. The number of nitrogens with one attached hydrogen (secondary N) is 1. The molecule has 1 aliphatic carbocycles. The van der Waals surface area contributed by atoms with Crippen LogP contribution in [-0.2, 0) is 0 Å². The Kier molecular flexibility index (Phi) is 4.98. The van der Waals surface area contributed by atoms with Crippen molar-refractivity contribution >= 4 is 17.8 Å².